The van der Waals surface area contributed by atoms with Crippen LogP contribution >= 0.6 is 23.2 Å². The number of carbonyl (C=O) groups is 1. The molecule has 1 amide bonds. The lowest BCUT2D eigenvalue weighted by atomic mass is 10.2. The molecule has 0 aliphatic rings. The van der Waals surface area contributed by atoms with Gasteiger partial charge in [-0.1, -0.05) is 29.3 Å². The van der Waals surface area contributed by atoms with Gasteiger partial charge in [0.2, 0.25) is 0 Å². The SMILES string of the molecule is Cc1ccc(Cl)c(OCn2ccc(C(=O)Nc3ccc(Cl)cc3[N+](=O)[O-])n2)c1. The van der Waals surface area contributed by atoms with Crippen LogP contribution in [0, 0.1) is 17.0 Å². The second-order valence-electron chi connectivity index (χ2n) is 5.82. The number of nitrogens with zero attached hydrogens (tertiary/aromatic N) is 3. The van der Waals surface area contributed by atoms with Gasteiger partial charge in [-0.15, -0.1) is 0 Å². The number of hydrogen-bond acceptors (Lipinski definition) is 5. The van der Waals surface area contributed by atoms with E-state index in [0.29, 0.717) is 10.8 Å². The van der Waals surface area contributed by atoms with Crippen molar-refractivity contribution in [2.45, 2.75) is 13.7 Å². The molecule has 0 spiro atoms. The van der Waals surface area contributed by atoms with Crippen molar-refractivity contribution in [3.63, 3.8) is 0 Å². The molecule has 1 N–H and O–H groups in total. The van der Waals surface area contributed by atoms with Crippen molar-refractivity contribution in [2.24, 2.45) is 0 Å². The number of nitro groups is 1. The summed E-state index contributed by atoms with van der Waals surface area (Å²) in [5.41, 5.74) is 0.780. The number of hydrogen-bond donors (Lipinski definition) is 1. The highest BCUT2D eigenvalue weighted by Crippen LogP contribution is 2.28. The summed E-state index contributed by atoms with van der Waals surface area (Å²) in [5, 5.41) is 18.3. The molecule has 0 fully saturated rings. The highest BCUT2D eigenvalue weighted by Gasteiger charge is 2.18. The molecule has 0 saturated heterocycles. The fourth-order valence-electron chi connectivity index (χ4n) is 2.36. The summed E-state index contributed by atoms with van der Waals surface area (Å²) >= 11 is 11.8. The molecule has 2 aromatic carbocycles. The molecule has 3 aromatic rings. The van der Waals surface area contributed by atoms with E-state index >= 15 is 0 Å². The topological polar surface area (TPSA) is 99.3 Å². The van der Waals surface area contributed by atoms with Crippen LogP contribution in [0.4, 0.5) is 11.4 Å². The number of anilines is 1. The van der Waals surface area contributed by atoms with Crippen molar-refractivity contribution in [3.05, 3.63) is 80.1 Å². The minimum Gasteiger partial charge on any atom is -0.470 e. The molecule has 0 atom stereocenters. The van der Waals surface area contributed by atoms with E-state index in [4.69, 9.17) is 27.9 Å². The first-order valence-electron chi connectivity index (χ1n) is 8.01. The van der Waals surface area contributed by atoms with Crippen molar-refractivity contribution in [2.75, 3.05) is 5.32 Å². The number of rotatable bonds is 6. The first kappa shape index (κ1) is 19.7. The van der Waals surface area contributed by atoms with Crippen LogP contribution in [0.3, 0.4) is 0 Å². The fourth-order valence-corrected chi connectivity index (χ4v) is 2.70. The van der Waals surface area contributed by atoms with E-state index < -0.39 is 10.8 Å². The van der Waals surface area contributed by atoms with E-state index in [-0.39, 0.29) is 28.8 Å². The Hall–Kier alpha value is -3.10. The van der Waals surface area contributed by atoms with E-state index in [1.54, 1.807) is 18.3 Å². The van der Waals surface area contributed by atoms with Crippen LogP contribution in [0.15, 0.2) is 48.7 Å². The third-order valence-electron chi connectivity index (χ3n) is 3.72. The average molecular weight is 421 g/mol. The van der Waals surface area contributed by atoms with Gasteiger partial charge in [-0.05, 0) is 42.8 Å². The van der Waals surface area contributed by atoms with Gasteiger partial charge in [0.25, 0.3) is 11.6 Å². The number of aromatic nitrogens is 2. The maximum absolute atomic E-state index is 12.4. The van der Waals surface area contributed by atoms with Gasteiger partial charge in [0.1, 0.15) is 11.4 Å². The lowest BCUT2D eigenvalue weighted by Gasteiger charge is -2.08. The molecule has 1 aromatic heterocycles. The van der Waals surface area contributed by atoms with Crippen LogP contribution in [0.1, 0.15) is 16.1 Å². The van der Waals surface area contributed by atoms with Gasteiger partial charge in [-0.3, -0.25) is 14.9 Å². The zero-order valence-electron chi connectivity index (χ0n) is 14.6. The Bertz CT molecular complexity index is 1050. The van der Waals surface area contributed by atoms with E-state index in [1.807, 2.05) is 13.0 Å². The molecule has 0 saturated carbocycles. The molecule has 0 radical (unpaired) electrons. The summed E-state index contributed by atoms with van der Waals surface area (Å²) in [4.78, 5) is 22.8. The number of halogens is 2. The molecular formula is C18H14Cl2N4O4. The van der Waals surface area contributed by atoms with Gasteiger partial charge in [0, 0.05) is 17.3 Å². The molecule has 8 nitrogen and oxygen atoms in total. The number of nitro benzene ring substituents is 1. The summed E-state index contributed by atoms with van der Waals surface area (Å²) in [6.07, 6.45) is 1.55. The minimum atomic E-state index is -0.625. The van der Waals surface area contributed by atoms with Gasteiger partial charge in [-0.2, -0.15) is 5.10 Å². The second kappa shape index (κ2) is 8.28. The van der Waals surface area contributed by atoms with Crippen molar-refractivity contribution >= 4 is 40.5 Å². The van der Waals surface area contributed by atoms with Gasteiger partial charge in [0.05, 0.1) is 9.95 Å². The summed E-state index contributed by atoms with van der Waals surface area (Å²) < 4.78 is 7.02. The molecule has 0 bridgehead atoms. The van der Waals surface area contributed by atoms with E-state index in [0.717, 1.165) is 11.6 Å². The van der Waals surface area contributed by atoms with Crippen LogP contribution < -0.4 is 10.1 Å². The number of ether oxygens (including phenoxy) is 1. The highest BCUT2D eigenvalue weighted by molar-refractivity contribution is 6.32. The Morgan fingerprint density at radius 2 is 2.04 bits per heavy atom. The Balaban J connectivity index is 1.69. The molecule has 0 unspecified atom stereocenters. The number of carbonyl (C=O) groups excluding carboxylic acids is 1. The largest absolute Gasteiger partial charge is 0.470 e. The van der Waals surface area contributed by atoms with Gasteiger partial charge >= 0.3 is 0 Å². The van der Waals surface area contributed by atoms with Crippen LogP contribution in [0.25, 0.3) is 0 Å². The minimum absolute atomic E-state index is 0.0248. The zero-order valence-corrected chi connectivity index (χ0v) is 16.1. The average Bonchev–Trinajstić information content (AvgIpc) is 3.13. The summed E-state index contributed by atoms with van der Waals surface area (Å²) in [5.74, 6) is -0.0993. The van der Waals surface area contributed by atoms with Crippen molar-refractivity contribution < 1.29 is 14.5 Å². The summed E-state index contributed by atoms with van der Waals surface area (Å²) in [6, 6.07) is 10.8. The number of aryl methyl sites for hydroxylation is 1. The molecule has 144 valence electrons. The van der Waals surface area contributed by atoms with Crippen LogP contribution in [-0.2, 0) is 6.73 Å². The van der Waals surface area contributed by atoms with Gasteiger partial charge < -0.3 is 10.1 Å². The molecule has 3 rings (SSSR count). The number of nitrogens with one attached hydrogen (secondary N) is 1. The molecule has 10 heteroatoms. The maximum Gasteiger partial charge on any atom is 0.294 e. The monoisotopic (exact) mass is 420 g/mol. The van der Waals surface area contributed by atoms with E-state index in [2.05, 4.69) is 10.4 Å². The molecular weight excluding hydrogens is 407 g/mol. The zero-order chi connectivity index (χ0) is 20.3. The third-order valence-corrected chi connectivity index (χ3v) is 4.26. The second-order valence-corrected chi connectivity index (χ2v) is 6.66. The number of benzene rings is 2. The Morgan fingerprint density at radius 3 is 2.79 bits per heavy atom. The Kier molecular flexibility index (Phi) is 5.81. The predicted octanol–water partition coefficient (Wildman–Crippen LogP) is 4.70. The highest BCUT2D eigenvalue weighted by atomic mass is 35.5. The lowest BCUT2D eigenvalue weighted by molar-refractivity contribution is -0.383. The predicted molar refractivity (Wildman–Crippen MR) is 105 cm³/mol. The van der Waals surface area contributed by atoms with Gasteiger partial charge in [0.15, 0.2) is 12.4 Å². The smallest absolute Gasteiger partial charge is 0.294 e. The summed E-state index contributed by atoms with van der Waals surface area (Å²) in [6.45, 7) is 1.95. The van der Waals surface area contributed by atoms with Gasteiger partial charge in [-0.25, -0.2) is 4.68 Å². The molecule has 0 aliphatic heterocycles. The quantitative estimate of drug-likeness (QED) is 0.460. The van der Waals surface area contributed by atoms with Crippen LogP contribution in [-0.4, -0.2) is 20.6 Å². The van der Waals surface area contributed by atoms with Crippen molar-refractivity contribution in [3.8, 4) is 5.75 Å². The first-order valence-corrected chi connectivity index (χ1v) is 8.77. The van der Waals surface area contributed by atoms with E-state index in [9.17, 15) is 14.9 Å². The summed E-state index contributed by atoms with van der Waals surface area (Å²) in [7, 11) is 0. The Morgan fingerprint density at radius 1 is 1.25 bits per heavy atom. The fraction of sp³-hybridized carbons (Fsp3) is 0.111. The van der Waals surface area contributed by atoms with E-state index in [1.165, 1.54) is 22.9 Å². The van der Waals surface area contributed by atoms with Crippen molar-refractivity contribution in [1.29, 1.82) is 0 Å². The standard InChI is InChI=1S/C18H14Cl2N4O4/c1-11-2-4-13(20)17(8-11)28-10-23-7-6-15(22-23)18(25)21-14-5-3-12(19)9-16(14)24(26)27/h2-9H,10H2,1H3,(H,21,25). The van der Waals surface area contributed by atoms with Crippen molar-refractivity contribution in [1.82, 2.24) is 9.78 Å². The van der Waals surface area contributed by atoms with Crippen LogP contribution in [0.2, 0.25) is 10.0 Å². The molecule has 0 aliphatic carbocycles. The Labute approximate surface area is 169 Å². The lowest BCUT2D eigenvalue weighted by Crippen LogP contribution is -2.15. The normalized spacial score (nSPS) is 10.5. The number of amides is 1. The third kappa shape index (κ3) is 4.59. The maximum atomic E-state index is 12.4. The van der Waals surface area contributed by atoms with Crippen LogP contribution in [0.5, 0.6) is 5.75 Å². The molecule has 28 heavy (non-hydrogen) atoms. The molecule has 1 heterocycles. The first-order chi connectivity index (χ1) is 13.3.